The van der Waals surface area contributed by atoms with Crippen LogP contribution in [0, 0.1) is 0 Å². The van der Waals surface area contributed by atoms with E-state index in [2.05, 4.69) is 20.4 Å². The van der Waals surface area contributed by atoms with Crippen LogP contribution in [0.4, 0.5) is 8.78 Å². The van der Waals surface area contributed by atoms with Crippen molar-refractivity contribution in [3.05, 3.63) is 66.4 Å². The van der Waals surface area contributed by atoms with E-state index in [1.807, 2.05) is 31.2 Å². The minimum atomic E-state index is -2.58. The highest BCUT2D eigenvalue weighted by molar-refractivity contribution is 5.94. The lowest BCUT2D eigenvalue weighted by Gasteiger charge is -2.15. The van der Waals surface area contributed by atoms with E-state index in [9.17, 15) is 13.6 Å². The number of carbonyl (C=O) groups is 1. The van der Waals surface area contributed by atoms with Gasteiger partial charge < -0.3 is 10.1 Å². The number of hydrogen-bond acceptors (Lipinski definition) is 5. The second kappa shape index (κ2) is 8.35. The van der Waals surface area contributed by atoms with Gasteiger partial charge in [0.15, 0.2) is 6.61 Å². The van der Waals surface area contributed by atoms with Gasteiger partial charge in [0.2, 0.25) is 5.88 Å². The van der Waals surface area contributed by atoms with Crippen molar-refractivity contribution in [3.8, 4) is 11.6 Å². The van der Waals surface area contributed by atoms with Gasteiger partial charge in [-0.1, -0.05) is 12.1 Å². The van der Waals surface area contributed by atoms with Crippen LogP contribution in [0.25, 0.3) is 5.69 Å². The maximum Gasteiger partial charge on any atom is 0.272 e. The highest BCUT2D eigenvalue weighted by Gasteiger charge is 2.13. The first-order valence-corrected chi connectivity index (χ1v) is 8.16. The summed E-state index contributed by atoms with van der Waals surface area (Å²) in [6, 6.07) is 10.2. The van der Waals surface area contributed by atoms with Crippen LogP contribution < -0.4 is 10.1 Å². The third-order valence-electron chi connectivity index (χ3n) is 3.78. The number of nitrogens with one attached hydrogen (secondary N) is 1. The normalized spacial score (nSPS) is 12.0. The van der Waals surface area contributed by atoms with Crippen LogP contribution in [0.3, 0.4) is 0 Å². The molecule has 0 aliphatic heterocycles. The Labute approximate surface area is 154 Å². The Kier molecular flexibility index (Phi) is 5.70. The van der Waals surface area contributed by atoms with Gasteiger partial charge >= 0.3 is 0 Å². The summed E-state index contributed by atoms with van der Waals surface area (Å²) in [7, 11) is 0. The number of halogens is 2. The Hall–Kier alpha value is -3.36. The summed E-state index contributed by atoms with van der Waals surface area (Å²) in [5, 5.41) is 6.92. The first-order chi connectivity index (χ1) is 13.0. The van der Waals surface area contributed by atoms with E-state index in [1.54, 1.807) is 11.0 Å². The van der Waals surface area contributed by atoms with E-state index >= 15 is 0 Å². The summed E-state index contributed by atoms with van der Waals surface area (Å²) in [4.78, 5) is 20.1. The number of hydrogen-bond donors (Lipinski definition) is 1. The van der Waals surface area contributed by atoms with Crippen LogP contribution in [0.1, 0.15) is 28.9 Å². The molecule has 27 heavy (non-hydrogen) atoms. The molecule has 3 rings (SSSR count). The molecule has 1 atom stereocenters. The fourth-order valence-corrected chi connectivity index (χ4v) is 2.37. The number of ether oxygens (including phenoxy) is 1. The number of alkyl halides is 2. The molecule has 1 aromatic carbocycles. The molecule has 0 aliphatic carbocycles. The molecule has 0 saturated heterocycles. The standard InChI is InChI=1S/C18H17F2N5O2/c1-12(13-2-5-15(6-3-13)25-11-21-10-23-25)24-18(26)14-4-7-17(22-8-14)27-9-16(19)20/h2-8,10-12,16H,9H2,1H3,(H,24,26). The fraction of sp³-hybridized carbons (Fsp3) is 0.222. The zero-order valence-corrected chi connectivity index (χ0v) is 14.4. The van der Waals surface area contributed by atoms with Crippen LogP contribution >= 0.6 is 0 Å². The monoisotopic (exact) mass is 373 g/mol. The van der Waals surface area contributed by atoms with Gasteiger partial charge in [-0.2, -0.15) is 5.10 Å². The lowest BCUT2D eigenvalue weighted by molar-refractivity contribution is 0.0794. The van der Waals surface area contributed by atoms with Crippen molar-refractivity contribution in [2.45, 2.75) is 19.4 Å². The summed E-state index contributed by atoms with van der Waals surface area (Å²) in [5.74, 6) is -0.278. The lowest BCUT2D eigenvalue weighted by atomic mass is 10.1. The Morgan fingerprint density at radius 3 is 2.59 bits per heavy atom. The molecule has 2 aromatic heterocycles. The Morgan fingerprint density at radius 2 is 2.00 bits per heavy atom. The second-order valence-electron chi connectivity index (χ2n) is 5.71. The van der Waals surface area contributed by atoms with Gasteiger partial charge in [-0.15, -0.1) is 0 Å². The SMILES string of the molecule is CC(NC(=O)c1ccc(OCC(F)F)nc1)c1ccc(-n2cncn2)cc1. The highest BCUT2D eigenvalue weighted by Crippen LogP contribution is 2.16. The number of aromatic nitrogens is 4. The Morgan fingerprint density at radius 1 is 1.22 bits per heavy atom. The predicted molar refractivity (Wildman–Crippen MR) is 93.0 cm³/mol. The van der Waals surface area contributed by atoms with Crippen LogP contribution in [0.15, 0.2) is 55.2 Å². The van der Waals surface area contributed by atoms with Gasteiger partial charge in [0.05, 0.1) is 17.3 Å². The molecule has 7 nitrogen and oxygen atoms in total. The molecule has 0 fully saturated rings. The second-order valence-corrected chi connectivity index (χ2v) is 5.71. The van der Waals surface area contributed by atoms with Crippen LogP contribution in [0.5, 0.6) is 5.88 Å². The van der Waals surface area contributed by atoms with E-state index in [0.29, 0.717) is 5.56 Å². The first-order valence-electron chi connectivity index (χ1n) is 8.16. The third kappa shape index (κ3) is 4.84. The van der Waals surface area contributed by atoms with E-state index in [0.717, 1.165) is 11.3 Å². The van der Waals surface area contributed by atoms with Gasteiger partial charge in [-0.3, -0.25) is 4.79 Å². The number of rotatable bonds is 7. The van der Waals surface area contributed by atoms with Crippen LogP contribution in [-0.2, 0) is 0 Å². The number of benzene rings is 1. The maximum absolute atomic E-state index is 12.3. The van der Waals surface area contributed by atoms with E-state index in [4.69, 9.17) is 4.74 Å². The zero-order chi connectivity index (χ0) is 19.2. The third-order valence-corrected chi connectivity index (χ3v) is 3.78. The van der Waals surface area contributed by atoms with Gasteiger partial charge in [-0.05, 0) is 30.7 Å². The Balaban J connectivity index is 1.60. The fourth-order valence-electron chi connectivity index (χ4n) is 2.37. The van der Waals surface area contributed by atoms with Crippen molar-refractivity contribution in [2.75, 3.05) is 6.61 Å². The molecule has 0 spiro atoms. The van der Waals surface area contributed by atoms with E-state index in [1.165, 1.54) is 24.7 Å². The van der Waals surface area contributed by atoms with Gasteiger partial charge in [-0.25, -0.2) is 23.4 Å². The average Bonchev–Trinajstić information content (AvgIpc) is 3.21. The quantitative estimate of drug-likeness (QED) is 0.689. The minimum absolute atomic E-state index is 0.0450. The van der Waals surface area contributed by atoms with Gasteiger partial charge in [0.25, 0.3) is 12.3 Å². The topological polar surface area (TPSA) is 81.9 Å². The summed E-state index contributed by atoms with van der Waals surface area (Å²) in [5.41, 5.74) is 2.08. The molecule has 140 valence electrons. The number of carbonyl (C=O) groups excluding carboxylic acids is 1. The smallest absolute Gasteiger partial charge is 0.272 e. The number of nitrogens with zero attached hydrogens (tertiary/aromatic N) is 4. The number of pyridine rings is 1. The van der Waals surface area contributed by atoms with Crippen molar-refractivity contribution in [2.24, 2.45) is 0 Å². The molecular formula is C18H17F2N5O2. The molecule has 1 amide bonds. The van der Waals surface area contributed by atoms with Crippen LogP contribution in [-0.4, -0.2) is 38.7 Å². The molecule has 0 bridgehead atoms. The molecule has 0 aliphatic rings. The molecule has 0 radical (unpaired) electrons. The summed E-state index contributed by atoms with van der Waals surface area (Å²) in [6.07, 6.45) is 1.76. The van der Waals surface area contributed by atoms with Crippen LogP contribution in [0.2, 0.25) is 0 Å². The van der Waals surface area contributed by atoms with Crippen molar-refractivity contribution >= 4 is 5.91 Å². The molecule has 2 heterocycles. The lowest BCUT2D eigenvalue weighted by Crippen LogP contribution is -2.26. The number of amides is 1. The summed E-state index contributed by atoms with van der Waals surface area (Å²) >= 11 is 0. The van der Waals surface area contributed by atoms with Gasteiger partial charge in [0, 0.05) is 12.3 Å². The molecule has 1 N–H and O–H groups in total. The molecule has 3 aromatic rings. The largest absolute Gasteiger partial charge is 0.472 e. The van der Waals surface area contributed by atoms with E-state index in [-0.39, 0.29) is 17.8 Å². The minimum Gasteiger partial charge on any atom is -0.472 e. The van der Waals surface area contributed by atoms with Crippen molar-refractivity contribution in [3.63, 3.8) is 0 Å². The van der Waals surface area contributed by atoms with Crippen molar-refractivity contribution in [1.29, 1.82) is 0 Å². The van der Waals surface area contributed by atoms with E-state index < -0.39 is 13.0 Å². The zero-order valence-electron chi connectivity index (χ0n) is 14.4. The molecular weight excluding hydrogens is 356 g/mol. The average molecular weight is 373 g/mol. The Bertz CT molecular complexity index is 868. The van der Waals surface area contributed by atoms with Crippen molar-refractivity contribution in [1.82, 2.24) is 25.1 Å². The molecule has 0 saturated carbocycles. The highest BCUT2D eigenvalue weighted by atomic mass is 19.3. The first kappa shape index (κ1) is 18.4. The molecule has 9 heteroatoms. The van der Waals surface area contributed by atoms with Crippen molar-refractivity contribution < 1.29 is 18.3 Å². The maximum atomic E-state index is 12.3. The summed E-state index contributed by atoms with van der Waals surface area (Å²) < 4.78 is 30.7. The predicted octanol–water partition coefficient (Wildman–Crippen LogP) is 2.80. The summed E-state index contributed by atoms with van der Waals surface area (Å²) in [6.45, 7) is 1.12. The van der Waals surface area contributed by atoms with Gasteiger partial charge in [0.1, 0.15) is 12.7 Å². The molecule has 1 unspecified atom stereocenters.